The Bertz CT molecular complexity index is 223. The second kappa shape index (κ2) is 2.32. The molecule has 1 aromatic heterocycles. The fraction of sp³-hybridized carbons (Fsp3) is 0.750. The fourth-order valence-corrected chi connectivity index (χ4v) is 1.46. The first kappa shape index (κ1) is 6.83. The molecule has 0 amide bonds. The lowest BCUT2D eigenvalue weighted by Crippen LogP contribution is -2.11. The zero-order valence-electron chi connectivity index (χ0n) is 6.82. The maximum absolute atomic E-state index is 3.96. The van der Waals surface area contributed by atoms with Gasteiger partial charge < -0.3 is 0 Å². The second-order valence-corrected chi connectivity index (χ2v) is 3.45. The second-order valence-electron chi connectivity index (χ2n) is 3.45. The van der Waals surface area contributed by atoms with Gasteiger partial charge in [-0.15, -0.1) is 5.10 Å². The summed E-state index contributed by atoms with van der Waals surface area (Å²) in [5, 5.41) is 7.74. The molecule has 0 bridgehead atoms. The van der Waals surface area contributed by atoms with Crippen LogP contribution in [-0.4, -0.2) is 15.0 Å². The highest BCUT2D eigenvalue weighted by Gasteiger charge is 2.40. The van der Waals surface area contributed by atoms with Gasteiger partial charge in [0.1, 0.15) is 0 Å². The van der Waals surface area contributed by atoms with Gasteiger partial charge in [-0.05, 0) is 24.7 Å². The Kier molecular flexibility index (Phi) is 1.44. The average molecular weight is 151 g/mol. The van der Waals surface area contributed by atoms with Gasteiger partial charge in [0.05, 0.1) is 6.20 Å². The minimum absolute atomic E-state index is 0.577. The molecule has 11 heavy (non-hydrogen) atoms. The van der Waals surface area contributed by atoms with E-state index in [1.165, 1.54) is 19.3 Å². The van der Waals surface area contributed by atoms with E-state index in [4.69, 9.17) is 0 Å². The first-order valence-electron chi connectivity index (χ1n) is 4.19. The van der Waals surface area contributed by atoms with Crippen LogP contribution in [0.5, 0.6) is 0 Å². The van der Waals surface area contributed by atoms with Crippen molar-refractivity contribution >= 4 is 0 Å². The van der Waals surface area contributed by atoms with Crippen LogP contribution in [0.1, 0.15) is 26.2 Å². The molecular formula is C8H13N3. The van der Waals surface area contributed by atoms with E-state index < -0.39 is 0 Å². The lowest BCUT2D eigenvalue weighted by atomic mass is 10.0. The van der Waals surface area contributed by atoms with Gasteiger partial charge in [-0.3, -0.25) is 4.68 Å². The normalized spacial score (nSPS) is 20.1. The topological polar surface area (TPSA) is 30.7 Å². The van der Waals surface area contributed by atoms with E-state index in [2.05, 4.69) is 17.2 Å². The molecule has 60 valence electrons. The molecule has 2 rings (SSSR count). The average Bonchev–Trinajstić information content (AvgIpc) is 2.59. The van der Waals surface area contributed by atoms with Crippen LogP contribution in [0.2, 0.25) is 0 Å². The Balaban J connectivity index is 2.01. The highest BCUT2D eigenvalue weighted by atomic mass is 15.4. The van der Waals surface area contributed by atoms with E-state index >= 15 is 0 Å². The Morgan fingerprint density at radius 2 is 2.36 bits per heavy atom. The molecule has 1 saturated carbocycles. The van der Waals surface area contributed by atoms with Crippen LogP contribution in [0, 0.1) is 5.41 Å². The molecule has 1 aliphatic rings. The first-order chi connectivity index (χ1) is 5.35. The van der Waals surface area contributed by atoms with Crippen molar-refractivity contribution in [2.45, 2.75) is 32.7 Å². The predicted octanol–water partition coefficient (Wildman–Crippen LogP) is 1.47. The van der Waals surface area contributed by atoms with Crippen molar-refractivity contribution in [1.29, 1.82) is 0 Å². The zero-order chi connectivity index (χ0) is 7.73. The molecule has 0 N–H and O–H groups in total. The standard InChI is InChI=1S/C8H13N3/c1-2-8(3-4-8)7-11-6-5-9-10-11/h5-6H,2-4,7H2,1H3. The summed E-state index contributed by atoms with van der Waals surface area (Å²) in [7, 11) is 0. The minimum Gasteiger partial charge on any atom is -0.252 e. The minimum atomic E-state index is 0.577. The van der Waals surface area contributed by atoms with Crippen LogP contribution < -0.4 is 0 Å². The Labute approximate surface area is 66.4 Å². The molecule has 1 heterocycles. The molecule has 0 atom stereocenters. The number of hydrogen-bond acceptors (Lipinski definition) is 2. The lowest BCUT2D eigenvalue weighted by Gasteiger charge is -2.10. The van der Waals surface area contributed by atoms with Gasteiger partial charge in [-0.1, -0.05) is 12.1 Å². The van der Waals surface area contributed by atoms with Crippen molar-refractivity contribution < 1.29 is 0 Å². The first-order valence-corrected chi connectivity index (χ1v) is 4.19. The van der Waals surface area contributed by atoms with E-state index in [1.54, 1.807) is 6.20 Å². The van der Waals surface area contributed by atoms with Crippen molar-refractivity contribution in [2.75, 3.05) is 0 Å². The fourth-order valence-electron chi connectivity index (χ4n) is 1.46. The van der Waals surface area contributed by atoms with Crippen LogP contribution in [0.25, 0.3) is 0 Å². The third-order valence-corrected chi connectivity index (χ3v) is 2.68. The molecule has 1 aliphatic carbocycles. The van der Waals surface area contributed by atoms with Crippen molar-refractivity contribution in [3.63, 3.8) is 0 Å². The highest BCUT2D eigenvalue weighted by Crippen LogP contribution is 2.49. The number of nitrogens with zero attached hydrogens (tertiary/aromatic N) is 3. The quantitative estimate of drug-likeness (QED) is 0.655. The van der Waals surface area contributed by atoms with E-state index in [9.17, 15) is 0 Å². The maximum Gasteiger partial charge on any atom is 0.0692 e. The number of aromatic nitrogens is 3. The highest BCUT2D eigenvalue weighted by molar-refractivity contribution is 4.91. The SMILES string of the molecule is CCC1(Cn2ccnn2)CC1. The van der Waals surface area contributed by atoms with E-state index in [0.717, 1.165) is 6.54 Å². The van der Waals surface area contributed by atoms with E-state index in [0.29, 0.717) is 5.41 Å². The monoisotopic (exact) mass is 151 g/mol. The Morgan fingerprint density at radius 3 is 2.82 bits per heavy atom. The summed E-state index contributed by atoms with van der Waals surface area (Å²) in [6.45, 7) is 3.31. The molecule has 0 saturated heterocycles. The molecule has 3 heteroatoms. The summed E-state index contributed by atoms with van der Waals surface area (Å²) in [5.74, 6) is 0. The van der Waals surface area contributed by atoms with Crippen LogP contribution >= 0.6 is 0 Å². The van der Waals surface area contributed by atoms with E-state index in [-0.39, 0.29) is 0 Å². The molecule has 3 nitrogen and oxygen atoms in total. The van der Waals surface area contributed by atoms with Gasteiger partial charge in [-0.2, -0.15) is 0 Å². The zero-order valence-corrected chi connectivity index (χ0v) is 6.82. The van der Waals surface area contributed by atoms with Crippen LogP contribution in [0.15, 0.2) is 12.4 Å². The van der Waals surface area contributed by atoms with Gasteiger partial charge in [0.15, 0.2) is 0 Å². The summed E-state index contributed by atoms with van der Waals surface area (Å²) in [5.41, 5.74) is 0.577. The molecule has 0 radical (unpaired) electrons. The van der Waals surface area contributed by atoms with Crippen molar-refractivity contribution in [2.24, 2.45) is 5.41 Å². The largest absolute Gasteiger partial charge is 0.252 e. The van der Waals surface area contributed by atoms with E-state index in [1.807, 2.05) is 10.9 Å². The van der Waals surface area contributed by atoms with Crippen molar-refractivity contribution in [3.05, 3.63) is 12.4 Å². The van der Waals surface area contributed by atoms with Crippen LogP contribution in [-0.2, 0) is 6.54 Å². The van der Waals surface area contributed by atoms with Crippen molar-refractivity contribution in [3.8, 4) is 0 Å². The maximum atomic E-state index is 3.96. The van der Waals surface area contributed by atoms with Crippen LogP contribution in [0.3, 0.4) is 0 Å². The Morgan fingerprint density at radius 1 is 1.55 bits per heavy atom. The third-order valence-electron chi connectivity index (χ3n) is 2.68. The summed E-state index contributed by atoms with van der Waals surface area (Å²) in [6.07, 6.45) is 7.68. The number of hydrogen-bond donors (Lipinski definition) is 0. The Hall–Kier alpha value is -0.860. The van der Waals surface area contributed by atoms with Gasteiger partial charge in [0.25, 0.3) is 0 Å². The molecule has 1 aromatic rings. The predicted molar refractivity (Wildman–Crippen MR) is 42.0 cm³/mol. The van der Waals surface area contributed by atoms with Gasteiger partial charge in [0, 0.05) is 12.7 Å². The molecule has 0 aromatic carbocycles. The summed E-state index contributed by atoms with van der Waals surface area (Å²) in [6, 6.07) is 0. The molecular weight excluding hydrogens is 138 g/mol. The summed E-state index contributed by atoms with van der Waals surface area (Å²) in [4.78, 5) is 0. The number of rotatable bonds is 3. The molecule has 0 unspecified atom stereocenters. The van der Waals surface area contributed by atoms with Crippen LogP contribution in [0.4, 0.5) is 0 Å². The summed E-state index contributed by atoms with van der Waals surface area (Å²) >= 11 is 0. The van der Waals surface area contributed by atoms with Gasteiger partial charge in [0.2, 0.25) is 0 Å². The third kappa shape index (κ3) is 1.27. The lowest BCUT2D eigenvalue weighted by molar-refractivity contribution is 0.379. The molecule has 0 spiro atoms. The molecule has 0 aliphatic heterocycles. The molecule has 1 fully saturated rings. The smallest absolute Gasteiger partial charge is 0.0692 e. The van der Waals surface area contributed by atoms with Crippen molar-refractivity contribution in [1.82, 2.24) is 15.0 Å². The summed E-state index contributed by atoms with van der Waals surface area (Å²) < 4.78 is 1.94. The van der Waals surface area contributed by atoms with Gasteiger partial charge in [-0.25, -0.2) is 0 Å². The van der Waals surface area contributed by atoms with Gasteiger partial charge >= 0.3 is 0 Å².